The number of benzene rings is 2. The lowest BCUT2D eigenvalue weighted by atomic mass is 9.77. The van der Waals surface area contributed by atoms with Crippen molar-refractivity contribution >= 4 is 45.1 Å². The summed E-state index contributed by atoms with van der Waals surface area (Å²) in [5, 5.41) is 1.41. The van der Waals surface area contributed by atoms with Crippen LogP contribution < -0.4 is 4.72 Å². The zero-order valence-corrected chi connectivity index (χ0v) is 22.5. The molecule has 1 heterocycles. The summed E-state index contributed by atoms with van der Waals surface area (Å²) >= 11 is 12.8. The molecule has 4 rings (SSSR count). The van der Waals surface area contributed by atoms with Crippen LogP contribution in [0, 0.1) is 5.82 Å². The number of esters is 1. The number of halogens is 3. The highest BCUT2D eigenvalue weighted by atomic mass is 35.5. The fourth-order valence-corrected chi connectivity index (χ4v) is 6.65. The summed E-state index contributed by atoms with van der Waals surface area (Å²) < 4.78 is 47.3. The maximum Gasteiger partial charge on any atom is 0.315 e. The van der Waals surface area contributed by atoms with E-state index >= 15 is 0 Å². The predicted molar refractivity (Wildman–Crippen MR) is 139 cm³/mol. The number of rotatable bonds is 7. The van der Waals surface area contributed by atoms with Crippen LogP contribution in [0.25, 0.3) is 0 Å². The maximum atomic E-state index is 14.4. The van der Waals surface area contributed by atoms with Gasteiger partial charge in [-0.2, -0.15) is 0 Å². The average Bonchev–Trinajstić information content (AvgIpc) is 2.85. The van der Waals surface area contributed by atoms with Crippen LogP contribution in [-0.2, 0) is 19.6 Å². The highest BCUT2D eigenvalue weighted by Crippen LogP contribution is 2.48. The van der Waals surface area contributed by atoms with Gasteiger partial charge in [-0.05, 0) is 55.2 Å². The largest absolute Gasteiger partial charge is 0.465 e. The number of sulfonamides is 1. The van der Waals surface area contributed by atoms with Crippen molar-refractivity contribution in [1.82, 2.24) is 9.62 Å². The average molecular weight is 569 g/mol. The molecule has 37 heavy (non-hydrogen) atoms. The molecule has 2 aromatic carbocycles. The van der Waals surface area contributed by atoms with Crippen LogP contribution in [0.2, 0.25) is 10.0 Å². The second kappa shape index (κ2) is 11.1. The van der Waals surface area contributed by atoms with Crippen molar-refractivity contribution in [3.63, 3.8) is 0 Å². The van der Waals surface area contributed by atoms with E-state index in [4.69, 9.17) is 27.9 Å². The van der Waals surface area contributed by atoms with Crippen molar-refractivity contribution in [1.29, 1.82) is 0 Å². The van der Waals surface area contributed by atoms with Gasteiger partial charge in [0.25, 0.3) is 5.91 Å². The summed E-state index contributed by atoms with van der Waals surface area (Å²) in [6.45, 7) is 5.12. The Morgan fingerprint density at radius 1 is 1.19 bits per heavy atom. The molecule has 2 aromatic rings. The zero-order chi connectivity index (χ0) is 26.9. The molecule has 0 spiro atoms. The first-order valence-corrected chi connectivity index (χ1v) is 14.3. The molecule has 0 bridgehead atoms. The molecule has 1 N–H and O–H groups in total. The lowest BCUT2D eigenvalue weighted by Crippen LogP contribution is -2.58. The highest BCUT2D eigenvalue weighted by Gasteiger charge is 2.50. The standard InChI is InChI=1S/C26H27Cl2FN2O5S/c1-3-36-26(33)23-17-12-10-16(29)14-19(17)25(32)31(24(23)18-11-9-15(27)13-20(18)28)22-8-6-5-7-21(22)30-37(34,35)4-2/h4,9-14,21-24,30H,2-3,5-8H2,1H3/t21-,22-,23+,24-/m0/s1. The first kappa shape index (κ1) is 27.6. The van der Waals surface area contributed by atoms with Crippen molar-refractivity contribution in [3.05, 3.63) is 80.9 Å². The Labute approximate surface area is 225 Å². The first-order chi connectivity index (χ1) is 17.6. The molecule has 1 fully saturated rings. The Balaban J connectivity index is 1.96. The predicted octanol–water partition coefficient (Wildman–Crippen LogP) is 5.35. The maximum absolute atomic E-state index is 14.4. The number of ether oxygens (including phenoxy) is 1. The van der Waals surface area contributed by atoms with Gasteiger partial charge >= 0.3 is 5.97 Å². The summed E-state index contributed by atoms with van der Waals surface area (Å²) in [5.41, 5.74) is 0.787. The van der Waals surface area contributed by atoms with Crippen molar-refractivity contribution in [2.45, 2.75) is 56.7 Å². The number of carbonyl (C=O) groups excluding carboxylic acids is 2. The molecule has 4 atom stereocenters. The van der Waals surface area contributed by atoms with Gasteiger partial charge in [0.05, 0.1) is 12.6 Å². The number of carbonyl (C=O) groups is 2. The fourth-order valence-electron chi connectivity index (χ4n) is 5.34. The van der Waals surface area contributed by atoms with Crippen LogP contribution >= 0.6 is 23.2 Å². The number of nitrogens with zero attached hydrogens (tertiary/aromatic N) is 1. The van der Waals surface area contributed by atoms with Crippen molar-refractivity contribution in [2.24, 2.45) is 0 Å². The van der Waals surface area contributed by atoms with E-state index in [1.165, 1.54) is 23.1 Å². The number of fused-ring (bicyclic) bond motifs is 1. The van der Waals surface area contributed by atoms with Gasteiger partial charge in [-0.15, -0.1) is 0 Å². The van der Waals surface area contributed by atoms with Gasteiger partial charge in [0, 0.05) is 33.1 Å². The van der Waals surface area contributed by atoms with Crippen molar-refractivity contribution in [3.8, 4) is 0 Å². The number of hydrogen-bond donors (Lipinski definition) is 1. The molecular formula is C26H27Cl2FN2O5S. The topological polar surface area (TPSA) is 92.8 Å². The lowest BCUT2D eigenvalue weighted by Gasteiger charge is -2.49. The second-order valence-corrected chi connectivity index (χ2v) is 11.6. The third-order valence-corrected chi connectivity index (χ3v) is 8.51. The van der Waals surface area contributed by atoms with E-state index in [1.54, 1.807) is 19.1 Å². The van der Waals surface area contributed by atoms with Gasteiger partial charge < -0.3 is 9.64 Å². The van der Waals surface area contributed by atoms with Gasteiger partial charge in [-0.3, -0.25) is 9.59 Å². The van der Waals surface area contributed by atoms with E-state index in [-0.39, 0.29) is 17.2 Å². The molecule has 7 nitrogen and oxygen atoms in total. The lowest BCUT2D eigenvalue weighted by molar-refractivity contribution is -0.147. The molecule has 0 aromatic heterocycles. The van der Waals surface area contributed by atoms with Gasteiger partial charge in [0.1, 0.15) is 11.7 Å². The minimum Gasteiger partial charge on any atom is -0.465 e. The SMILES string of the molecule is C=CS(=O)(=O)N[C@H]1CCCC[C@@H]1N1C(=O)c2cc(F)ccc2[C@@H](C(=O)OCC)[C@@H]1c1ccc(Cl)cc1Cl. The Kier molecular flexibility index (Phi) is 8.28. The summed E-state index contributed by atoms with van der Waals surface area (Å²) in [6, 6.07) is 6.20. The molecule has 0 unspecified atom stereocenters. The summed E-state index contributed by atoms with van der Waals surface area (Å²) in [7, 11) is -3.83. The van der Waals surface area contributed by atoms with E-state index in [0.717, 1.165) is 24.3 Å². The van der Waals surface area contributed by atoms with Crippen LogP contribution in [0.15, 0.2) is 48.4 Å². The van der Waals surface area contributed by atoms with E-state index in [2.05, 4.69) is 11.3 Å². The normalized spacial score (nSPS) is 23.9. The first-order valence-electron chi connectivity index (χ1n) is 12.0. The molecule has 1 aliphatic heterocycles. The minimum atomic E-state index is -3.83. The smallest absolute Gasteiger partial charge is 0.315 e. The number of amides is 1. The van der Waals surface area contributed by atoms with Crippen molar-refractivity contribution < 1.29 is 27.1 Å². The van der Waals surface area contributed by atoms with Crippen molar-refractivity contribution in [2.75, 3.05) is 6.61 Å². The second-order valence-electron chi connectivity index (χ2n) is 9.07. The van der Waals surface area contributed by atoms with Crippen LogP contribution in [0.3, 0.4) is 0 Å². The molecule has 2 aliphatic rings. The molecule has 198 valence electrons. The van der Waals surface area contributed by atoms with Crippen LogP contribution in [0.4, 0.5) is 4.39 Å². The Morgan fingerprint density at radius 3 is 2.57 bits per heavy atom. The summed E-state index contributed by atoms with van der Waals surface area (Å²) in [5.74, 6) is -2.81. The van der Waals surface area contributed by atoms with Gasteiger partial charge in [-0.25, -0.2) is 17.5 Å². The Bertz CT molecular complexity index is 1340. The molecule has 11 heteroatoms. The zero-order valence-electron chi connectivity index (χ0n) is 20.1. The summed E-state index contributed by atoms with van der Waals surface area (Å²) in [4.78, 5) is 29.0. The highest BCUT2D eigenvalue weighted by molar-refractivity contribution is 7.92. The van der Waals surface area contributed by atoms with E-state index < -0.39 is 51.8 Å². The molecular weight excluding hydrogens is 542 g/mol. The van der Waals surface area contributed by atoms with E-state index in [0.29, 0.717) is 29.0 Å². The van der Waals surface area contributed by atoms with Crippen LogP contribution in [0.1, 0.15) is 66.1 Å². The Hall–Kier alpha value is -2.46. The van der Waals surface area contributed by atoms with Gasteiger partial charge in [0.2, 0.25) is 10.0 Å². The molecule has 1 aliphatic carbocycles. The van der Waals surface area contributed by atoms with Crippen LogP contribution in [-0.4, -0.2) is 43.9 Å². The number of hydrogen-bond acceptors (Lipinski definition) is 5. The molecule has 1 saturated carbocycles. The van der Waals surface area contributed by atoms with Crippen LogP contribution in [0.5, 0.6) is 0 Å². The third kappa shape index (κ3) is 5.55. The quantitative estimate of drug-likeness (QED) is 0.454. The number of nitrogens with one attached hydrogen (secondary N) is 1. The molecule has 0 saturated heterocycles. The monoisotopic (exact) mass is 568 g/mol. The minimum absolute atomic E-state index is 0.0234. The third-order valence-electron chi connectivity index (χ3n) is 6.87. The van der Waals surface area contributed by atoms with E-state index in [1.807, 2.05) is 0 Å². The molecule has 1 amide bonds. The fraction of sp³-hybridized carbons (Fsp3) is 0.385. The Morgan fingerprint density at radius 2 is 1.89 bits per heavy atom. The van der Waals surface area contributed by atoms with E-state index in [9.17, 15) is 22.4 Å². The van der Waals surface area contributed by atoms with Gasteiger partial charge in [0.15, 0.2) is 0 Å². The molecule has 0 radical (unpaired) electrons. The van der Waals surface area contributed by atoms with Gasteiger partial charge in [-0.1, -0.05) is 54.8 Å². The summed E-state index contributed by atoms with van der Waals surface area (Å²) in [6.07, 6.45) is 2.38.